The molecule has 6 nitrogen and oxygen atoms in total. The van der Waals surface area contributed by atoms with E-state index in [2.05, 4.69) is 20.0 Å². The van der Waals surface area contributed by atoms with E-state index in [0.717, 1.165) is 29.6 Å². The van der Waals surface area contributed by atoms with Crippen molar-refractivity contribution < 1.29 is 0 Å². The van der Waals surface area contributed by atoms with Crippen LogP contribution in [0.3, 0.4) is 0 Å². The molecule has 0 atom stereocenters. The van der Waals surface area contributed by atoms with Crippen molar-refractivity contribution in [2.45, 2.75) is 27.2 Å². The molecule has 1 aliphatic rings. The lowest BCUT2D eigenvalue weighted by Crippen LogP contribution is -2.34. The van der Waals surface area contributed by atoms with Crippen LogP contribution in [0.25, 0.3) is 0 Å². The summed E-state index contributed by atoms with van der Waals surface area (Å²) in [4.78, 5) is 4.33. The Balaban J connectivity index is 1.62. The van der Waals surface area contributed by atoms with E-state index >= 15 is 0 Å². The SMILES string of the molecule is Cc1ccn(CN2CCN(Cn3ccc(C)n3)C2=S)n1. The fraction of sp³-hybridized carbons (Fsp3) is 0.462. The zero-order valence-electron chi connectivity index (χ0n) is 11.7. The van der Waals surface area contributed by atoms with E-state index in [1.54, 1.807) is 0 Å². The van der Waals surface area contributed by atoms with Gasteiger partial charge < -0.3 is 9.80 Å². The molecule has 3 heterocycles. The Bertz CT molecular complexity index is 564. The van der Waals surface area contributed by atoms with E-state index in [9.17, 15) is 0 Å². The monoisotopic (exact) mass is 290 g/mol. The van der Waals surface area contributed by atoms with Crippen molar-refractivity contribution in [2.75, 3.05) is 13.1 Å². The molecule has 1 aliphatic heterocycles. The van der Waals surface area contributed by atoms with Crippen LogP contribution in [0, 0.1) is 13.8 Å². The minimum Gasteiger partial charge on any atom is -0.328 e. The Morgan fingerprint density at radius 3 is 1.75 bits per heavy atom. The van der Waals surface area contributed by atoms with E-state index < -0.39 is 0 Å². The maximum atomic E-state index is 5.54. The van der Waals surface area contributed by atoms with Crippen molar-refractivity contribution >= 4 is 17.3 Å². The maximum absolute atomic E-state index is 5.54. The third-order valence-corrected chi connectivity index (χ3v) is 3.88. The lowest BCUT2D eigenvalue weighted by molar-refractivity contribution is 0.350. The molecule has 0 radical (unpaired) electrons. The molecule has 0 saturated carbocycles. The van der Waals surface area contributed by atoms with E-state index in [-0.39, 0.29) is 0 Å². The lowest BCUT2D eigenvalue weighted by Gasteiger charge is -2.21. The Kier molecular flexibility index (Phi) is 3.43. The van der Waals surface area contributed by atoms with E-state index in [4.69, 9.17) is 12.2 Å². The molecule has 0 aromatic carbocycles. The van der Waals surface area contributed by atoms with Gasteiger partial charge in [-0.3, -0.25) is 9.36 Å². The first-order valence-corrected chi connectivity index (χ1v) is 7.06. The summed E-state index contributed by atoms with van der Waals surface area (Å²) in [5, 5.41) is 9.67. The topological polar surface area (TPSA) is 42.1 Å². The molecule has 20 heavy (non-hydrogen) atoms. The second-order valence-electron chi connectivity index (χ2n) is 5.09. The van der Waals surface area contributed by atoms with Gasteiger partial charge in [-0.1, -0.05) is 0 Å². The van der Waals surface area contributed by atoms with Crippen LogP contribution in [0.2, 0.25) is 0 Å². The van der Waals surface area contributed by atoms with Crippen molar-refractivity contribution in [3.8, 4) is 0 Å². The van der Waals surface area contributed by atoms with Gasteiger partial charge in [-0.2, -0.15) is 10.2 Å². The second kappa shape index (κ2) is 5.24. The quantitative estimate of drug-likeness (QED) is 0.792. The molecular weight excluding hydrogens is 272 g/mol. The van der Waals surface area contributed by atoms with Gasteiger partial charge in [0.25, 0.3) is 0 Å². The molecular formula is C13H18N6S. The average Bonchev–Trinajstić information content (AvgIpc) is 3.08. The number of aryl methyl sites for hydroxylation is 2. The van der Waals surface area contributed by atoms with E-state index in [1.807, 2.05) is 47.7 Å². The van der Waals surface area contributed by atoms with Crippen LogP contribution in [0.1, 0.15) is 11.4 Å². The Morgan fingerprint density at radius 1 is 0.950 bits per heavy atom. The minimum atomic E-state index is 0.710. The van der Waals surface area contributed by atoms with Crippen LogP contribution in [-0.4, -0.2) is 47.6 Å². The van der Waals surface area contributed by atoms with Gasteiger partial charge in [0.1, 0.15) is 13.3 Å². The first-order chi connectivity index (χ1) is 9.61. The van der Waals surface area contributed by atoms with Gasteiger partial charge in [0.15, 0.2) is 5.11 Å². The number of hydrogen-bond acceptors (Lipinski definition) is 3. The van der Waals surface area contributed by atoms with Crippen LogP contribution in [-0.2, 0) is 13.3 Å². The number of aromatic nitrogens is 4. The van der Waals surface area contributed by atoms with E-state index in [0.29, 0.717) is 13.3 Å². The summed E-state index contributed by atoms with van der Waals surface area (Å²) in [7, 11) is 0. The van der Waals surface area contributed by atoms with Crippen LogP contribution < -0.4 is 0 Å². The van der Waals surface area contributed by atoms with Gasteiger partial charge in [0.05, 0.1) is 11.4 Å². The zero-order chi connectivity index (χ0) is 14.1. The summed E-state index contributed by atoms with van der Waals surface area (Å²) >= 11 is 5.54. The Hall–Kier alpha value is -1.89. The van der Waals surface area contributed by atoms with Crippen LogP contribution >= 0.6 is 12.2 Å². The second-order valence-corrected chi connectivity index (χ2v) is 5.45. The summed E-state index contributed by atoms with van der Waals surface area (Å²) in [5.41, 5.74) is 2.05. The highest BCUT2D eigenvalue weighted by Gasteiger charge is 2.25. The molecule has 0 spiro atoms. The van der Waals surface area contributed by atoms with Crippen molar-refractivity contribution in [3.63, 3.8) is 0 Å². The Labute approximate surface area is 123 Å². The highest BCUT2D eigenvalue weighted by Crippen LogP contribution is 2.12. The molecule has 0 N–H and O–H groups in total. The minimum absolute atomic E-state index is 0.710. The van der Waals surface area contributed by atoms with Gasteiger partial charge in [0.2, 0.25) is 0 Å². The zero-order valence-corrected chi connectivity index (χ0v) is 12.5. The van der Waals surface area contributed by atoms with Gasteiger partial charge in [-0.15, -0.1) is 0 Å². The first-order valence-electron chi connectivity index (χ1n) is 6.66. The molecule has 7 heteroatoms. The maximum Gasteiger partial charge on any atom is 0.174 e. The number of nitrogens with zero attached hydrogens (tertiary/aromatic N) is 6. The smallest absolute Gasteiger partial charge is 0.174 e. The average molecular weight is 290 g/mol. The highest BCUT2D eigenvalue weighted by molar-refractivity contribution is 7.80. The molecule has 2 aromatic rings. The number of thiocarbonyl (C=S) groups is 1. The molecule has 0 amide bonds. The third kappa shape index (κ3) is 2.67. The Morgan fingerprint density at radius 2 is 1.40 bits per heavy atom. The van der Waals surface area contributed by atoms with E-state index in [1.165, 1.54) is 0 Å². The van der Waals surface area contributed by atoms with Crippen LogP contribution in [0.4, 0.5) is 0 Å². The fourth-order valence-corrected chi connectivity index (χ4v) is 2.63. The summed E-state index contributed by atoms with van der Waals surface area (Å²) in [6.07, 6.45) is 3.97. The fourth-order valence-electron chi connectivity index (χ4n) is 2.33. The van der Waals surface area contributed by atoms with Gasteiger partial charge >= 0.3 is 0 Å². The molecule has 1 fully saturated rings. The standard InChI is InChI=1S/C13H18N6S/c1-11-3-5-18(14-11)9-16-7-8-17(13(16)20)10-19-6-4-12(2)15-19/h3-6H,7-10H2,1-2H3. The molecule has 1 saturated heterocycles. The van der Waals surface area contributed by atoms with Crippen molar-refractivity contribution in [1.29, 1.82) is 0 Å². The summed E-state index contributed by atoms with van der Waals surface area (Å²) in [6.45, 7) is 7.26. The van der Waals surface area contributed by atoms with Gasteiger partial charge in [0, 0.05) is 25.5 Å². The summed E-state index contributed by atoms with van der Waals surface area (Å²) < 4.78 is 3.84. The molecule has 0 aliphatic carbocycles. The van der Waals surface area contributed by atoms with Crippen molar-refractivity contribution in [2.24, 2.45) is 0 Å². The molecule has 3 rings (SSSR count). The predicted octanol–water partition coefficient (Wildman–Crippen LogP) is 1.21. The van der Waals surface area contributed by atoms with Crippen molar-refractivity contribution in [1.82, 2.24) is 29.4 Å². The van der Waals surface area contributed by atoms with Crippen molar-refractivity contribution in [3.05, 3.63) is 35.9 Å². The highest BCUT2D eigenvalue weighted by atomic mass is 32.1. The number of hydrogen-bond donors (Lipinski definition) is 0. The van der Waals surface area contributed by atoms with Crippen LogP contribution in [0.15, 0.2) is 24.5 Å². The molecule has 0 bridgehead atoms. The molecule has 106 valence electrons. The lowest BCUT2D eigenvalue weighted by atomic mass is 10.5. The number of rotatable bonds is 4. The molecule has 2 aromatic heterocycles. The summed E-state index contributed by atoms with van der Waals surface area (Å²) in [6, 6.07) is 4.01. The predicted molar refractivity (Wildman–Crippen MR) is 79.9 cm³/mol. The first kappa shape index (κ1) is 13.1. The molecule has 0 unspecified atom stereocenters. The summed E-state index contributed by atoms with van der Waals surface area (Å²) in [5.74, 6) is 0. The van der Waals surface area contributed by atoms with Gasteiger partial charge in [-0.25, -0.2) is 0 Å². The van der Waals surface area contributed by atoms with Gasteiger partial charge in [-0.05, 0) is 38.2 Å². The van der Waals surface area contributed by atoms with Crippen LogP contribution in [0.5, 0.6) is 0 Å². The largest absolute Gasteiger partial charge is 0.328 e. The third-order valence-electron chi connectivity index (χ3n) is 3.36. The normalized spacial score (nSPS) is 15.4.